The molecule has 3 N–H and O–H groups in total. The summed E-state index contributed by atoms with van der Waals surface area (Å²) >= 11 is 0. The predicted octanol–water partition coefficient (Wildman–Crippen LogP) is 3.80. The number of carbonyl (C=O) groups excluding carboxylic acids is 1. The van der Waals surface area contributed by atoms with Crippen LogP contribution in [0.15, 0.2) is 55.5 Å². The van der Waals surface area contributed by atoms with E-state index in [-0.39, 0.29) is 11.8 Å². The minimum absolute atomic E-state index is 0.0408. The molecule has 1 fully saturated rings. The van der Waals surface area contributed by atoms with Crippen LogP contribution in [-0.2, 0) is 4.79 Å². The Hall–Kier alpha value is -4.93. The van der Waals surface area contributed by atoms with Crippen LogP contribution < -0.4 is 5.32 Å². The molecular weight excluding hydrogens is 456 g/mol. The third-order valence-electron chi connectivity index (χ3n) is 6.26. The van der Waals surface area contributed by atoms with Crippen molar-refractivity contribution in [1.82, 2.24) is 44.7 Å². The zero-order valence-corrected chi connectivity index (χ0v) is 19.2. The number of pyridine rings is 3. The number of amides is 1. The molecular formula is C25H20N10O. The molecule has 0 atom stereocenters. The van der Waals surface area contributed by atoms with Crippen molar-refractivity contribution in [3.63, 3.8) is 0 Å². The average molecular weight is 477 g/mol. The fraction of sp³-hybridized carbons (Fsp3) is 0.160. The molecule has 0 aliphatic heterocycles. The zero-order chi connectivity index (χ0) is 24.2. The van der Waals surface area contributed by atoms with E-state index in [2.05, 4.69) is 40.4 Å². The van der Waals surface area contributed by atoms with Crippen LogP contribution in [0.5, 0.6) is 0 Å². The van der Waals surface area contributed by atoms with Crippen LogP contribution in [0.25, 0.3) is 50.5 Å². The van der Waals surface area contributed by atoms with Gasteiger partial charge in [-0.05, 0) is 38.0 Å². The second kappa shape index (κ2) is 7.80. The molecule has 0 radical (unpaired) electrons. The van der Waals surface area contributed by atoms with Gasteiger partial charge in [0.15, 0.2) is 11.6 Å². The summed E-state index contributed by atoms with van der Waals surface area (Å²) in [6, 6.07) is 5.71. The number of aryl methyl sites for hydroxylation is 1. The lowest BCUT2D eigenvalue weighted by Crippen LogP contribution is -2.13. The first-order valence-electron chi connectivity index (χ1n) is 11.6. The molecule has 0 unspecified atom stereocenters. The number of nitrogens with zero attached hydrogens (tertiary/aromatic N) is 7. The van der Waals surface area contributed by atoms with Crippen LogP contribution in [0.2, 0.25) is 0 Å². The van der Waals surface area contributed by atoms with E-state index >= 15 is 0 Å². The lowest BCUT2D eigenvalue weighted by atomic mass is 10.1. The molecule has 1 saturated carbocycles. The Morgan fingerprint density at radius 2 is 2.03 bits per heavy atom. The van der Waals surface area contributed by atoms with Crippen molar-refractivity contribution in [2.75, 3.05) is 5.32 Å². The molecule has 6 heterocycles. The van der Waals surface area contributed by atoms with Gasteiger partial charge in [0, 0.05) is 35.5 Å². The van der Waals surface area contributed by atoms with Crippen molar-refractivity contribution < 1.29 is 4.79 Å². The molecule has 1 aliphatic rings. The molecule has 0 aromatic carbocycles. The summed E-state index contributed by atoms with van der Waals surface area (Å²) in [4.78, 5) is 38.1. The maximum atomic E-state index is 12.2. The molecule has 0 bridgehead atoms. The highest BCUT2D eigenvalue weighted by molar-refractivity contribution is 5.96. The second-order valence-electron chi connectivity index (χ2n) is 8.95. The van der Waals surface area contributed by atoms with Gasteiger partial charge in [0.1, 0.15) is 17.5 Å². The van der Waals surface area contributed by atoms with Crippen LogP contribution in [0.1, 0.15) is 18.5 Å². The third-order valence-corrected chi connectivity index (χ3v) is 6.26. The van der Waals surface area contributed by atoms with Gasteiger partial charge in [0.25, 0.3) is 0 Å². The number of fused-ring (bicyclic) bond motifs is 2. The van der Waals surface area contributed by atoms with E-state index < -0.39 is 0 Å². The smallest absolute Gasteiger partial charge is 0.227 e. The normalized spacial score (nSPS) is 13.5. The minimum atomic E-state index is 0.0408. The van der Waals surface area contributed by atoms with Gasteiger partial charge in [0.05, 0.1) is 40.5 Å². The van der Waals surface area contributed by atoms with Gasteiger partial charge >= 0.3 is 0 Å². The average Bonchev–Trinajstić information content (AvgIpc) is 3.30. The van der Waals surface area contributed by atoms with E-state index in [1.807, 2.05) is 35.9 Å². The van der Waals surface area contributed by atoms with E-state index in [0.717, 1.165) is 46.0 Å². The first kappa shape index (κ1) is 20.4. The third kappa shape index (κ3) is 3.49. The maximum Gasteiger partial charge on any atom is 0.227 e. The first-order valence-corrected chi connectivity index (χ1v) is 11.6. The molecule has 0 spiro atoms. The number of aromatic amines is 2. The number of hydrogen-bond acceptors (Lipinski definition) is 7. The van der Waals surface area contributed by atoms with Crippen LogP contribution in [0.3, 0.4) is 0 Å². The Kier molecular flexibility index (Phi) is 4.43. The quantitative estimate of drug-likeness (QED) is 0.343. The molecule has 11 nitrogen and oxygen atoms in total. The molecule has 11 heteroatoms. The molecule has 7 rings (SSSR count). The van der Waals surface area contributed by atoms with Crippen LogP contribution in [0.4, 0.5) is 5.69 Å². The molecule has 1 aliphatic carbocycles. The Bertz CT molecular complexity index is 1770. The number of nitrogens with one attached hydrogen (secondary N) is 3. The summed E-state index contributed by atoms with van der Waals surface area (Å²) in [6.45, 7) is 1.93. The number of anilines is 1. The Morgan fingerprint density at radius 3 is 2.86 bits per heavy atom. The zero-order valence-electron chi connectivity index (χ0n) is 19.2. The fourth-order valence-electron chi connectivity index (χ4n) is 4.25. The molecule has 176 valence electrons. The number of rotatable bonds is 5. The second-order valence-corrected chi connectivity index (χ2v) is 8.95. The standard InChI is InChI=1S/C25H20N10O/c1-13-11-35(12-29-13)24-22-18(4-5-27-24)31-23(32-22)21-17-7-19(28-10-20(17)33-34-21)15-6-16(9-26-8-15)30-25(36)14-2-3-14/h4-12,14H,2-3H2,1H3,(H,30,36)(H,31,32)(H,33,34). The SMILES string of the molecule is Cc1cn(-c2nccc3[nH]c(-c4n[nH]c5cnc(-c6cncc(NC(=O)C7CC7)c6)cc45)nc23)cn1. The van der Waals surface area contributed by atoms with E-state index in [1.54, 1.807) is 31.1 Å². The van der Waals surface area contributed by atoms with Crippen LogP contribution in [-0.4, -0.2) is 50.6 Å². The molecule has 0 saturated heterocycles. The van der Waals surface area contributed by atoms with E-state index in [0.29, 0.717) is 28.7 Å². The number of imidazole rings is 2. The number of aromatic nitrogens is 9. The van der Waals surface area contributed by atoms with Crippen molar-refractivity contribution in [3.8, 4) is 28.6 Å². The van der Waals surface area contributed by atoms with E-state index in [1.165, 1.54) is 0 Å². The van der Waals surface area contributed by atoms with Gasteiger partial charge in [-0.2, -0.15) is 5.10 Å². The van der Waals surface area contributed by atoms with Gasteiger partial charge in [-0.1, -0.05) is 0 Å². The molecule has 1 amide bonds. The highest BCUT2D eigenvalue weighted by Crippen LogP contribution is 2.32. The predicted molar refractivity (Wildman–Crippen MR) is 133 cm³/mol. The topological polar surface area (TPSA) is 143 Å². The van der Waals surface area contributed by atoms with Crippen molar-refractivity contribution >= 4 is 33.5 Å². The van der Waals surface area contributed by atoms with Crippen LogP contribution >= 0.6 is 0 Å². The monoisotopic (exact) mass is 476 g/mol. The highest BCUT2D eigenvalue weighted by atomic mass is 16.2. The minimum Gasteiger partial charge on any atom is -0.336 e. The van der Waals surface area contributed by atoms with Crippen molar-refractivity contribution in [1.29, 1.82) is 0 Å². The number of carbonyl (C=O) groups is 1. The molecule has 6 aromatic heterocycles. The summed E-state index contributed by atoms with van der Waals surface area (Å²) in [5, 5.41) is 11.4. The molecule has 6 aromatic rings. The first-order chi connectivity index (χ1) is 17.6. The summed E-state index contributed by atoms with van der Waals surface area (Å²) in [7, 11) is 0. The van der Waals surface area contributed by atoms with Crippen LogP contribution in [0, 0.1) is 12.8 Å². The summed E-state index contributed by atoms with van der Waals surface area (Å²) in [6.07, 6.45) is 12.4. The van der Waals surface area contributed by atoms with Crippen molar-refractivity contribution in [2.24, 2.45) is 5.92 Å². The van der Waals surface area contributed by atoms with Gasteiger partial charge in [-0.3, -0.25) is 24.4 Å². The lowest BCUT2D eigenvalue weighted by molar-refractivity contribution is -0.117. The van der Waals surface area contributed by atoms with Gasteiger partial charge in [0.2, 0.25) is 5.91 Å². The van der Waals surface area contributed by atoms with E-state index in [9.17, 15) is 4.79 Å². The Morgan fingerprint density at radius 1 is 1.11 bits per heavy atom. The largest absolute Gasteiger partial charge is 0.336 e. The Balaban J connectivity index is 1.28. The van der Waals surface area contributed by atoms with Crippen molar-refractivity contribution in [2.45, 2.75) is 19.8 Å². The molecule has 36 heavy (non-hydrogen) atoms. The maximum absolute atomic E-state index is 12.2. The summed E-state index contributed by atoms with van der Waals surface area (Å²) < 4.78 is 1.86. The Labute approximate surface area is 204 Å². The fourth-order valence-corrected chi connectivity index (χ4v) is 4.25. The summed E-state index contributed by atoms with van der Waals surface area (Å²) in [5.41, 5.74) is 6.08. The van der Waals surface area contributed by atoms with Gasteiger partial charge in [-0.15, -0.1) is 0 Å². The van der Waals surface area contributed by atoms with Crippen molar-refractivity contribution in [3.05, 3.63) is 61.2 Å². The number of H-pyrrole nitrogens is 2. The number of hydrogen-bond donors (Lipinski definition) is 3. The highest BCUT2D eigenvalue weighted by Gasteiger charge is 2.29. The van der Waals surface area contributed by atoms with E-state index in [4.69, 9.17) is 4.98 Å². The van der Waals surface area contributed by atoms with Gasteiger partial charge < -0.3 is 10.3 Å². The lowest BCUT2D eigenvalue weighted by Gasteiger charge is -2.06. The summed E-state index contributed by atoms with van der Waals surface area (Å²) in [5.74, 6) is 1.46. The van der Waals surface area contributed by atoms with Gasteiger partial charge in [-0.25, -0.2) is 15.0 Å².